The van der Waals surface area contributed by atoms with Crippen LogP contribution >= 0.6 is 47.8 Å². The van der Waals surface area contributed by atoms with E-state index in [2.05, 4.69) is 57.8 Å². The number of benzene rings is 2. The number of methoxy groups -OCH3 is 1. The maximum atomic E-state index is 13.0. The van der Waals surface area contributed by atoms with Crippen molar-refractivity contribution in [3.8, 4) is 11.5 Å². The Hall–Kier alpha value is -3.09. The van der Waals surface area contributed by atoms with Gasteiger partial charge in [0.05, 0.1) is 24.7 Å². The van der Waals surface area contributed by atoms with E-state index in [-0.39, 0.29) is 23.8 Å². The highest BCUT2D eigenvalue weighted by molar-refractivity contribution is 9.11. The number of hydrogen-bond acceptors (Lipinski definition) is 7. The molecule has 2 aromatic carbocycles. The average Bonchev–Trinajstić information content (AvgIpc) is 3.45. The van der Waals surface area contributed by atoms with E-state index >= 15 is 0 Å². The molecule has 9 nitrogen and oxygen atoms in total. The second kappa shape index (κ2) is 12.2. The molecule has 1 fully saturated rings. The fourth-order valence-electron chi connectivity index (χ4n) is 3.57. The van der Waals surface area contributed by atoms with E-state index in [9.17, 15) is 14.4 Å². The Morgan fingerprint density at radius 2 is 1.84 bits per heavy atom. The Labute approximate surface area is 243 Å². The molecule has 0 radical (unpaired) electrons. The first kappa shape index (κ1) is 27.9. The number of amides is 3. The first-order valence-corrected chi connectivity index (χ1v) is 13.6. The SMILES string of the molecule is CCOc1cc(/C=C2\NC(=O)N(Cc3ccc(C(=O)OC)o3)C2=O)cc(Br)c1OCc1ccc(Br)cc1Br. The average molecular weight is 713 g/mol. The minimum atomic E-state index is -0.651. The molecule has 0 unspecified atom stereocenters. The number of carbonyl (C=O) groups excluding carboxylic acids is 3. The lowest BCUT2D eigenvalue weighted by Crippen LogP contribution is -2.30. The first-order chi connectivity index (χ1) is 18.2. The molecule has 4 rings (SSSR count). The van der Waals surface area contributed by atoms with Gasteiger partial charge in [-0.05, 0) is 70.9 Å². The van der Waals surface area contributed by atoms with Gasteiger partial charge in [-0.15, -0.1) is 0 Å². The fourth-order valence-corrected chi connectivity index (χ4v) is 5.31. The normalized spacial score (nSPS) is 14.1. The van der Waals surface area contributed by atoms with Gasteiger partial charge in [0, 0.05) is 14.5 Å². The number of esters is 1. The van der Waals surface area contributed by atoms with E-state index in [1.807, 2.05) is 25.1 Å². The number of urea groups is 1. The van der Waals surface area contributed by atoms with E-state index in [4.69, 9.17) is 13.9 Å². The van der Waals surface area contributed by atoms with Crippen LogP contribution in [0.4, 0.5) is 4.79 Å². The number of hydrogen-bond donors (Lipinski definition) is 1. The van der Waals surface area contributed by atoms with Crippen molar-refractivity contribution in [1.82, 2.24) is 10.2 Å². The summed E-state index contributed by atoms with van der Waals surface area (Å²) in [6.07, 6.45) is 1.55. The first-order valence-electron chi connectivity index (χ1n) is 11.2. The van der Waals surface area contributed by atoms with Crippen LogP contribution in [-0.2, 0) is 22.7 Å². The van der Waals surface area contributed by atoms with E-state index in [1.165, 1.54) is 19.2 Å². The molecule has 198 valence electrons. The third kappa shape index (κ3) is 6.30. The van der Waals surface area contributed by atoms with Gasteiger partial charge in [0.2, 0.25) is 5.76 Å². The predicted octanol–water partition coefficient (Wildman–Crippen LogP) is 6.42. The molecule has 0 spiro atoms. The van der Waals surface area contributed by atoms with E-state index in [0.717, 1.165) is 19.4 Å². The zero-order valence-corrected chi connectivity index (χ0v) is 24.9. The minimum Gasteiger partial charge on any atom is -0.490 e. The molecule has 2 heterocycles. The summed E-state index contributed by atoms with van der Waals surface area (Å²) < 4.78 is 24.3. The van der Waals surface area contributed by atoms with Crippen LogP contribution in [0, 0.1) is 0 Å². The number of carbonyl (C=O) groups is 3. The largest absolute Gasteiger partial charge is 0.490 e. The summed E-state index contributed by atoms with van der Waals surface area (Å²) in [7, 11) is 1.23. The monoisotopic (exact) mass is 710 g/mol. The van der Waals surface area contributed by atoms with Crippen molar-refractivity contribution in [1.29, 1.82) is 0 Å². The molecule has 1 aliphatic rings. The lowest BCUT2D eigenvalue weighted by molar-refractivity contribution is -0.123. The quantitative estimate of drug-likeness (QED) is 0.155. The van der Waals surface area contributed by atoms with Crippen LogP contribution in [0.25, 0.3) is 6.08 Å². The number of nitrogens with one attached hydrogen (secondary N) is 1. The summed E-state index contributed by atoms with van der Waals surface area (Å²) in [6.45, 7) is 2.39. The zero-order chi connectivity index (χ0) is 27.4. The van der Waals surface area contributed by atoms with Crippen molar-refractivity contribution in [2.24, 2.45) is 0 Å². The summed E-state index contributed by atoms with van der Waals surface area (Å²) in [5.74, 6) is 0.0268. The Kier molecular flexibility index (Phi) is 8.95. The number of ether oxygens (including phenoxy) is 3. The number of rotatable bonds is 9. The second-order valence-corrected chi connectivity index (χ2v) is 10.5. The van der Waals surface area contributed by atoms with Crippen molar-refractivity contribution >= 4 is 71.8 Å². The second-order valence-electron chi connectivity index (χ2n) is 7.92. The molecular weight excluding hydrogens is 692 g/mol. The van der Waals surface area contributed by atoms with Gasteiger partial charge in [-0.25, -0.2) is 9.59 Å². The molecule has 0 aliphatic carbocycles. The Morgan fingerprint density at radius 3 is 2.55 bits per heavy atom. The standard InChI is InChI=1S/C26H21Br3N2O7/c1-3-36-22-10-14(8-19(29)23(22)37-13-15-4-5-16(27)11-18(15)28)9-20-24(32)31(26(34)30-20)12-17-6-7-21(38-17)25(33)35-2/h4-11H,3,12-13H2,1-2H3,(H,30,34)/b20-9-. The van der Waals surface area contributed by atoms with Crippen LogP contribution in [-0.4, -0.2) is 36.5 Å². The van der Waals surface area contributed by atoms with Crippen molar-refractivity contribution in [3.05, 3.63) is 84.2 Å². The summed E-state index contributed by atoms with van der Waals surface area (Å²) in [5, 5.41) is 2.58. The van der Waals surface area contributed by atoms with E-state index < -0.39 is 17.9 Å². The molecule has 38 heavy (non-hydrogen) atoms. The molecule has 1 aromatic heterocycles. The van der Waals surface area contributed by atoms with Crippen molar-refractivity contribution < 1.29 is 33.0 Å². The molecule has 1 saturated heterocycles. The molecule has 1 N–H and O–H groups in total. The summed E-state index contributed by atoms with van der Waals surface area (Å²) in [5.41, 5.74) is 1.63. The Bertz CT molecular complexity index is 1430. The molecule has 1 aliphatic heterocycles. The minimum absolute atomic E-state index is 0.0200. The van der Waals surface area contributed by atoms with Crippen LogP contribution in [0.15, 0.2) is 66.0 Å². The van der Waals surface area contributed by atoms with Crippen molar-refractivity contribution in [2.75, 3.05) is 13.7 Å². The van der Waals surface area contributed by atoms with Gasteiger partial charge in [-0.2, -0.15) is 0 Å². The van der Waals surface area contributed by atoms with E-state index in [1.54, 1.807) is 18.2 Å². The maximum Gasteiger partial charge on any atom is 0.373 e. The van der Waals surface area contributed by atoms with Crippen LogP contribution in [0.1, 0.15) is 34.4 Å². The predicted molar refractivity (Wildman–Crippen MR) is 149 cm³/mol. The lowest BCUT2D eigenvalue weighted by Gasteiger charge is -2.15. The van der Waals surface area contributed by atoms with Crippen molar-refractivity contribution in [2.45, 2.75) is 20.1 Å². The maximum absolute atomic E-state index is 13.0. The van der Waals surface area contributed by atoms with E-state index in [0.29, 0.717) is 34.7 Å². The molecule has 0 atom stereocenters. The van der Waals surface area contributed by atoms with Gasteiger partial charge < -0.3 is 23.9 Å². The smallest absolute Gasteiger partial charge is 0.373 e. The topological polar surface area (TPSA) is 107 Å². The van der Waals surface area contributed by atoms with Gasteiger partial charge in [0.1, 0.15) is 18.1 Å². The number of furan rings is 1. The van der Waals surface area contributed by atoms with Crippen molar-refractivity contribution in [3.63, 3.8) is 0 Å². The summed E-state index contributed by atoms with van der Waals surface area (Å²) in [6, 6.07) is 11.6. The Morgan fingerprint density at radius 1 is 1.05 bits per heavy atom. The van der Waals surface area contributed by atoms with Crippen LogP contribution in [0.5, 0.6) is 11.5 Å². The molecule has 12 heteroatoms. The lowest BCUT2D eigenvalue weighted by atomic mass is 10.1. The third-order valence-electron chi connectivity index (χ3n) is 5.35. The number of halogens is 3. The molecule has 3 aromatic rings. The Balaban J connectivity index is 1.53. The highest BCUT2D eigenvalue weighted by Gasteiger charge is 2.34. The van der Waals surface area contributed by atoms with Gasteiger partial charge in [0.15, 0.2) is 11.5 Å². The van der Waals surface area contributed by atoms with Gasteiger partial charge >= 0.3 is 12.0 Å². The summed E-state index contributed by atoms with van der Waals surface area (Å²) >= 11 is 10.5. The molecular formula is C26H21Br3N2O7. The highest BCUT2D eigenvalue weighted by Crippen LogP contribution is 2.38. The fraction of sp³-hybridized carbons (Fsp3) is 0.192. The van der Waals surface area contributed by atoms with Crippen LogP contribution in [0.3, 0.4) is 0 Å². The number of imide groups is 1. The van der Waals surface area contributed by atoms with Gasteiger partial charge in [-0.1, -0.05) is 37.9 Å². The van der Waals surface area contributed by atoms with Gasteiger partial charge in [-0.3, -0.25) is 9.69 Å². The van der Waals surface area contributed by atoms with Crippen LogP contribution < -0.4 is 14.8 Å². The highest BCUT2D eigenvalue weighted by atomic mass is 79.9. The number of nitrogens with zero attached hydrogens (tertiary/aromatic N) is 1. The van der Waals surface area contributed by atoms with Crippen LogP contribution in [0.2, 0.25) is 0 Å². The molecule has 3 amide bonds. The van der Waals surface area contributed by atoms with Gasteiger partial charge in [0.25, 0.3) is 5.91 Å². The third-order valence-corrected chi connectivity index (χ3v) is 7.17. The molecule has 0 saturated carbocycles. The summed E-state index contributed by atoms with van der Waals surface area (Å²) in [4.78, 5) is 38.1. The zero-order valence-electron chi connectivity index (χ0n) is 20.2. The molecule has 0 bridgehead atoms.